The normalized spacial score (nSPS) is 20.6. The van der Waals surface area contributed by atoms with Gasteiger partial charge in [0.1, 0.15) is 35.9 Å². The number of nitro groups is 1. The van der Waals surface area contributed by atoms with Gasteiger partial charge in [0.05, 0.1) is 18.0 Å². The number of non-ortho nitro benzene ring substituents is 1. The number of nitrogens with one attached hydrogen (secondary N) is 3. The highest BCUT2D eigenvalue weighted by atomic mass is 35.5. The van der Waals surface area contributed by atoms with Gasteiger partial charge in [-0.15, -0.1) is 34.7 Å². The summed E-state index contributed by atoms with van der Waals surface area (Å²) in [5.41, 5.74) is -0.503. The third-order valence-electron chi connectivity index (χ3n) is 6.38. The van der Waals surface area contributed by atoms with Crippen LogP contribution in [0.4, 0.5) is 15.6 Å². The van der Waals surface area contributed by atoms with E-state index in [2.05, 4.69) is 26.1 Å². The van der Waals surface area contributed by atoms with Crippen LogP contribution < -0.4 is 16.0 Å². The van der Waals surface area contributed by atoms with E-state index in [4.69, 9.17) is 25.9 Å². The molecule has 2 aliphatic heterocycles. The van der Waals surface area contributed by atoms with Gasteiger partial charge in [-0.25, -0.2) is 9.78 Å². The van der Waals surface area contributed by atoms with E-state index < -0.39 is 50.7 Å². The number of rotatable bonds is 13. The summed E-state index contributed by atoms with van der Waals surface area (Å²) in [6.45, 7) is 4.67. The Kier molecular flexibility index (Phi) is 11.2. The second-order valence-electron chi connectivity index (χ2n) is 11.1. The molecular formula is C27H30ClN7O10S2. The first-order valence-corrected chi connectivity index (χ1v) is 16.2. The van der Waals surface area contributed by atoms with Crippen LogP contribution in [0.1, 0.15) is 32.0 Å². The van der Waals surface area contributed by atoms with Crippen molar-refractivity contribution in [1.29, 1.82) is 0 Å². The monoisotopic (exact) mass is 711 g/mol. The number of hydrogen-bond donors (Lipinski definition) is 3. The fraction of sp³-hybridized carbons (Fsp3) is 0.444. The smallest absolute Gasteiger partial charge is 0.407 e. The SMILES string of the molecule is CC(C)(C)OC(=O)NCCON=C(C(=O)NC1C(=O)N2CC(Cl)(C(=O)OCc3ccc([N+](=O)[O-])cc3)CS[C@H]12)c1csc(NC=O)n1. The molecule has 252 valence electrons. The number of oxime groups is 1. The van der Waals surface area contributed by atoms with E-state index in [1.165, 1.54) is 46.3 Å². The van der Waals surface area contributed by atoms with Crippen molar-refractivity contribution in [2.75, 3.05) is 30.8 Å². The van der Waals surface area contributed by atoms with Crippen LogP contribution in [0.3, 0.4) is 0 Å². The quantitative estimate of drug-likeness (QED) is 0.0397. The molecule has 4 amide bonds. The molecular weight excluding hydrogens is 682 g/mol. The standard InChI is InChI=1S/C27H30ClN7O10S2/c1-26(2,3)45-25(40)29-8-9-44-33-18(17-11-46-24(31-17)30-14-36)20(37)32-19-21(38)34-12-27(28,13-47-22(19)34)23(39)43-10-15-4-6-16(7-5-15)35(41)42/h4-7,11,14,19,22H,8-10,12-13H2,1-3H3,(H,29,40)(H,32,37)(H,30,31,36)/t19?,22-,27?/m1/s1. The number of alkyl carbamates (subject to hydrolysis) is 1. The van der Waals surface area contributed by atoms with Crippen molar-refractivity contribution in [3.63, 3.8) is 0 Å². The fourth-order valence-electron chi connectivity index (χ4n) is 4.20. The van der Waals surface area contributed by atoms with Crippen LogP contribution >= 0.6 is 34.7 Å². The Hall–Kier alpha value is -4.49. The fourth-order valence-corrected chi connectivity index (χ4v) is 6.60. The van der Waals surface area contributed by atoms with Crippen molar-refractivity contribution in [3.8, 4) is 0 Å². The number of halogens is 1. The maximum absolute atomic E-state index is 13.3. The molecule has 17 nitrogen and oxygen atoms in total. The number of amides is 4. The second kappa shape index (κ2) is 14.9. The molecule has 0 saturated carbocycles. The van der Waals surface area contributed by atoms with Crippen molar-refractivity contribution >= 4 is 81.5 Å². The maximum atomic E-state index is 13.3. The summed E-state index contributed by atoms with van der Waals surface area (Å²) >= 11 is 8.79. The molecule has 3 N–H and O–H groups in total. The van der Waals surface area contributed by atoms with Gasteiger partial charge >= 0.3 is 12.1 Å². The number of fused-ring (bicyclic) bond motifs is 1. The molecule has 4 rings (SSSR count). The number of hydrogen-bond acceptors (Lipinski definition) is 14. The summed E-state index contributed by atoms with van der Waals surface area (Å²) in [5.74, 6) is -1.99. The van der Waals surface area contributed by atoms with E-state index in [1.807, 2.05) is 0 Å². The van der Waals surface area contributed by atoms with Gasteiger partial charge in [0.25, 0.3) is 11.6 Å². The lowest BCUT2D eigenvalue weighted by atomic mass is 10.0. The summed E-state index contributed by atoms with van der Waals surface area (Å²) in [5, 5.41) is 23.3. The lowest BCUT2D eigenvalue weighted by Crippen LogP contribution is -2.74. The number of anilines is 1. The average molecular weight is 712 g/mol. The molecule has 3 heterocycles. The minimum atomic E-state index is -1.55. The molecule has 0 aliphatic carbocycles. The molecule has 2 aromatic rings. The molecule has 2 aliphatic rings. The summed E-state index contributed by atoms with van der Waals surface area (Å²) in [6, 6.07) is 4.51. The minimum Gasteiger partial charge on any atom is -0.459 e. The Bertz CT molecular complexity index is 1570. The van der Waals surface area contributed by atoms with Crippen molar-refractivity contribution in [2.24, 2.45) is 5.16 Å². The highest BCUT2D eigenvalue weighted by Gasteiger charge is 2.57. The Morgan fingerprint density at radius 1 is 1.28 bits per heavy atom. The highest BCUT2D eigenvalue weighted by Crippen LogP contribution is 2.41. The zero-order valence-corrected chi connectivity index (χ0v) is 27.6. The number of nitrogens with zero attached hydrogens (tertiary/aromatic N) is 4. The van der Waals surface area contributed by atoms with Gasteiger partial charge in [-0.05, 0) is 38.5 Å². The van der Waals surface area contributed by atoms with Crippen LogP contribution in [-0.2, 0) is 40.1 Å². The zero-order chi connectivity index (χ0) is 34.4. The third-order valence-corrected chi connectivity index (χ3v) is 9.24. The predicted octanol–water partition coefficient (Wildman–Crippen LogP) is 1.99. The molecule has 0 bridgehead atoms. The van der Waals surface area contributed by atoms with Gasteiger partial charge < -0.3 is 35.2 Å². The van der Waals surface area contributed by atoms with Crippen LogP contribution in [0.5, 0.6) is 0 Å². The number of thioether (sulfide) groups is 1. The first-order valence-electron chi connectivity index (χ1n) is 13.9. The number of benzene rings is 1. The molecule has 2 fully saturated rings. The van der Waals surface area contributed by atoms with Gasteiger partial charge in [-0.1, -0.05) is 5.16 Å². The zero-order valence-electron chi connectivity index (χ0n) is 25.2. The Labute approximate surface area is 280 Å². The van der Waals surface area contributed by atoms with Crippen molar-refractivity contribution in [1.82, 2.24) is 20.5 Å². The van der Waals surface area contributed by atoms with Crippen LogP contribution in [0.25, 0.3) is 0 Å². The average Bonchev–Trinajstić information content (AvgIpc) is 3.47. The number of thiazole rings is 1. The molecule has 0 spiro atoms. The number of alkyl halides is 1. The Balaban J connectivity index is 1.34. The molecule has 1 aromatic carbocycles. The third kappa shape index (κ3) is 9.07. The van der Waals surface area contributed by atoms with E-state index in [9.17, 15) is 34.1 Å². The summed E-state index contributed by atoms with van der Waals surface area (Å²) < 4.78 is 10.5. The highest BCUT2D eigenvalue weighted by molar-refractivity contribution is 8.00. The number of aromatic nitrogens is 1. The van der Waals surface area contributed by atoms with Gasteiger partial charge in [-0.2, -0.15) is 0 Å². The van der Waals surface area contributed by atoms with Gasteiger partial charge in [0, 0.05) is 23.3 Å². The van der Waals surface area contributed by atoms with Crippen molar-refractivity contribution in [3.05, 3.63) is 51.0 Å². The van der Waals surface area contributed by atoms with Gasteiger partial charge in [0.15, 0.2) is 15.7 Å². The van der Waals surface area contributed by atoms with Gasteiger partial charge in [0.2, 0.25) is 12.3 Å². The summed E-state index contributed by atoms with van der Waals surface area (Å²) in [4.78, 5) is 81.4. The van der Waals surface area contributed by atoms with Crippen LogP contribution in [-0.4, -0.2) is 98.1 Å². The summed E-state index contributed by atoms with van der Waals surface area (Å²) in [6.07, 6.45) is -0.244. The molecule has 2 saturated heterocycles. The lowest BCUT2D eigenvalue weighted by molar-refractivity contribution is -0.384. The maximum Gasteiger partial charge on any atom is 0.407 e. The second-order valence-corrected chi connectivity index (χ2v) is 13.8. The summed E-state index contributed by atoms with van der Waals surface area (Å²) in [7, 11) is 0. The van der Waals surface area contributed by atoms with Crippen molar-refractivity contribution < 1.29 is 43.2 Å². The predicted molar refractivity (Wildman–Crippen MR) is 170 cm³/mol. The van der Waals surface area contributed by atoms with E-state index in [0.717, 1.165) is 11.3 Å². The van der Waals surface area contributed by atoms with Gasteiger partial charge in [-0.3, -0.25) is 29.3 Å². The molecule has 3 atom stereocenters. The number of carbonyl (C=O) groups is 5. The number of ether oxygens (including phenoxy) is 2. The van der Waals surface area contributed by atoms with E-state index in [0.29, 0.717) is 12.0 Å². The van der Waals surface area contributed by atoms with E-state index in [1.54, 1.807) is 20.8 Å². The minimum absolute atomic E-state index is 0.00754. The van der Waals surface area contributed by atoms with Crippen LogP contribution in [0, 0.1) is 10.1 Å². The lowest BCUT2D eigenvalue weighted by Gasteiger charge is -2.52. The first kappa shape index (κ1) is 35.4. The molecule has 20 heteroatoms. The van der Waals surface area contributed by atoms with Crippen LogP contribution in [0.2, 0.25) is 0 Å². The number of esters is 1. The Morgan fingerprint density at radius 3 is 2.66 bits per heavy atom. The van der Waals surface area contributed by atoms with E-state index in [-0.39, 0.29) is 54.3 Å². The largest absolute Gasteiger partial charge is 0.459 e. The Morgan fingerprint density at radius 2 is 2.00 bits per heavy atom. The number of β-lactam (4-membered cyclic amide) rings is 1. The molecule has 2 unspecified atom stereocenters. The topological polar surface area (TPSA) is 221 Å². The molecule has 47 heavy (non-hydrogen) atoms. The molecule has 0 radical (unpaired) electrons. The number of nitro benzene ring substituents is 1. The van der Waals surface area contributed by atoms with Crippen LogP contribution in [0.15, 0.2) is 34.8 Å². The molecule has 1 aromatic heterocycles. The van der Waals surface area contributed by atoms with E-state index >= 15 is 0 Å². The van der Waals surface area contributed by atoms with Crippen molar-refractivity contribution in [2.45, 2.75) is 49.3 Å². The first-order chi connectivity index (χ1) is 22.2. The number of carbonyl (C=O) groups excluding carboxylic acids is 5.